The molecule has 0 radical (unpaired) electrons. The summed E-state index contributed by atoms with van der Waals surface area (Å²) in [6.07, 6.45) is 0.691. The number of aliphatic hydroxyl groups excluding tert-OH is 2. The summed E-state index contributed by atoms with van der Waals surface area (Å²) in [6, 6.07) is 3.08. The molecule has 1 aromatic heterocycles. The number of rotatable bonds is 7. The molecule has 6 nitrogen and oxygen atoms in total. The third-order valence-electron chi connectivity index (χ3n) is 2.28. The van der Waals surface area contributed by atoms with Crippen LogP contribution < -0.4 is 10.6 Å². The summed E-state index contributed by atoms with van der Waals surface area (Å²) in [5.74, 6) is 0.493. The standard InChI is InChI=1S/C11H18N2O4/c1-8(12-5-9(15)7-14)11(16)13-6-10-3-2-4-17-10/h2-4,8-9,12,14-15H,5-7H2,1H3,(H,13,16). The molecular formula is C11H18N2O4. The van der Waals surface area contributed by atoms with E-state index < -0.39 is 12.1 Å². The van der Waals surface area contributed by atoms with Crippen LogP contribution in [0.3, 0.4) is 0 Å². The van der Waals surface area contributed by atoms with Crippen molar-refractivity contribution in [3.8, 4) is 0 Å². The van der Waals surface area contributed by atoms with Crippen molar-refractivity contribution >= 4 is 5.91 Å². The fraction of sp³-hybridized carbons (Fsp3) is 0.545. The monoisotopic (exact) mass is 242 g/mol. The smallest absolute Gasteiger partial charge is 0.237 e. The first-order valence-electron chi connectivity index (χ1n) is 5.46. The third-order valence-corrected chi connectivity index (χ3v) is 2.28. The average molecular weight is 242 g/mol. The Hall–Kier alpha value is -1.37. The van der Waals surface area contributed by atoms with E-state index in [4.69, 9.17) is 14.6 Å². The summed E-state index contributed by atoms with van der Waals surface area (Å²) in [6.45, 7) is 1.86. The molecule has 96 valence electrons. The fourth-order valence-corrected chi connectivity index (χ4v) is 1.21. The second kappa shape index (κ2) is 7.05. The molecule has 17 heavy (non-hydrogen) atoms. The summed E-state index contributed by atoms with van der Waals surface area (Å²) >= 11 is 0. The minimum atomic E-state index is -0.852. The van der Waals surface area contributed by atoms with Crippen molar-refractivity contribution in [3.05, 3.63) is 24.2 Å². The molecule has 1 aromatic rings. The first-order chi connectivity index (χ1) is 8.13. The zero-order chi connectivity index (χ0) is 12.7. The molecule has 0 aromatic carbocycles. The molecule has 0 aliphatic rings. The van der Waals surface area contributed by atoms with Gasteiger partial charge in [0.15, 0.2) is 0 Å². The van der Waals surface area contributed by atoms with E-state index in [2.05, 4.69) is 10.6 Å². The quantitative estimate of drug-likeness (QED) is 0.503. The van der Waals surface area contributed by atoms with Crippen molar-refractivity contribution < 1.29 is 19.4 Å². The van der Waals surface area contributed by atoms with Gasteiger partial charge in [0.1, 0.15) is 5.76 Å². The van der Waals surface area contributed by atoms with Crippen molar-refractivity contribution in [3.63, 3.8) is 0 Å². The Kier molecular flexibility index (Phi) is 5.68. The summed E-state index contributed by atoms with van der Waals surface area (Å²) in [5, 5.41) is 23.2. The molecule has 0 bridgehead atoms. The summed E-state index contributed by atoms with van der Waals surface area (Å²) in [4.78, 5) is 11.6. The van der Waals surface area contributed by atoms with E-state index in [1.54, 1.807) is 25.3 Å². The van der Waals surface area contributed by atoms with Crippen molar-refractivity contribution in [2.45, 2.75) is 25.6 Å². The Bertz CT molecular complexity index is 326. The highest BCUT2D eigenvalue weighted by molar-refractivity contribution is 5.81. The van der Waals surface area contributed by atoms with Gasteiger partial charge >= 0.3 is 0 Å². The predicted molar refractivity (Wildman–Crippen MR) is 61.1 cm³/mol. The van der Waals surface area contributed by atoms with Gasteiger partial charge in [-0.15, -0.1) is 0 Å². The lowest BCUT2D eigenvalue weighted by molar-refractivity contribution is -0.123. The van der Waals surface area contributed by atoms with E-state index in [1.807, 2.05) is 0 Å². The topological polar surface area (TPSA) is 94.7 Å². The van der Waals surface area contributed by atoms with Crippen LogP contribution in [0.5, 0.6) is 0 Å². The molecule has 0 fully saturated rings. The molecule has 0 aliphatic heterocycles. The van der Waals surface area contributed by atoms with E-state index >= 15 is 0 Å². The van der Waals surface area contributed by atoms with Crippen LogP contribution in [0.1, 0.15) is 12.7 Å². The van der Waals surface area contributed by atoms with Crippen LogP contribution in [-0.4, -0.2) is 41.4 Å². The molecule has 1 rings (SSSR count). The number of amides is 1. The molecule has 0 saturated heterocycles. The Morgan fingerprint density at radius 2 is 2.35 bits per heavy atom. The van der Waals surface area contributed by atoms with Crippen LogP contribution in [0, 0.1) is 0 Å². The molecule has 1 heterocycles. The Labute approximate surface area is 99.6 Å². The lowest BCUT2D eigenvalue weighted by Crippen LogP contribution is -2.45. The van der Waals surface area contributed by atoms with E-state index in [0.29, 0.717) is 12.3 Å². The molecule has 2 atom stereocenters. The number of hydrogen-bond acceptors (Lipinski definition) is 5. The highest BCUT2D eigenvalue weighted by Gasteiger charge is 2.13. The Morgan fingerprint density at radius 1 is 1.59 bits per heavy atom. The second-order valence-electron chi connectivity index (χ2n) is 3.76. The third kappa shape index (κ3) is 4.99. The summed E-state index contributed by atoms with van der Waals surface area (Å²) in [7, 11) is 0. The maximum atomic E-state index is 11.6. The van der Waals surface area contributed by atoms with Gasteiger partial charge in [-0.1, -0.05) is 0 Å². The molecule has 1 amide bonds. The minimum Gasteiger partial charge on any atom is -0.467 e. The Morgan fingerprint density at radius 3 is 2.94 bits per heavy atom. The zero-order valence-corrected chi connectivity index (χ0v) is 9.72. The summed E-state index contributed by atoms with van der Waals surface area (Å²) in [5.41, 5.74) is 0. The SMILES string of the molecule is CC(NCC(O)CO)C(=O)NCc1ccco1. The van der Waals surface area contributed by atoms with Crippen LogP contribution in [0.25, 0.3) is 0 Å². The van der Waals surface area contributed by atoms with Crippen molar-refractivity contribution in [2.75, 3.05) is 13.2 Å². The number of aliphatic hydroxyl groups is 2. The van der Waals surface area contributed by atoms with Gasteiger partial charge in [0.25, 0.3) is 0 Å². The molecule has 0 aliphatic carbocycles. The molecule has 0 spiro atoms. The number of hydrogen-bond donors (Lipinski definition) is 4. The number of nitrogens with one attached hydrogen (secondary N) is 2. The van der Waals surface area contributed by atoms with Crippen molar-refractivity contribution in [1.29, 1.82) is 0 Å². The van der Waals surface area contributed by atoms with Gasteiger partial charge in [-0.2, -0.15) is 0 Å². The maximum absolute atomic E-state index is 11.6. The molecule has 6 heteroatoms. The van der Waals surface area contributed by atoms with Gasteiger partial charge in [0.2, 0.25) is 5.91 Å². The van der Waals surface area contributed by atoms with Gasteiger partial charge in [-0.3, -0.25) is 4.79 Å². The molecule has 0 saturated carbocycles. The molecule has 2 unspecified atom stereocenters. The lowest BCUT2D eigenvalue weighted by Gasteiger charge is -2.15. The van der Waals surface area contributed by atoms with Crippen molar-refractivity contribution in [2.24, 2.45) is 0 Å². The second-order valence-corrected chi connectivity index (χ2v) is 3.76. The highest BCUT2D eigenvalue weighted by Crippen LogP contribution is 1.98. The van der Waals surface area contributed by atoms with E-state index in [1.165, 1.54) is 0 Å². The summed E-state index contributed by atoms with van der Waals surface area (Å²) < 4.78 is 5.07. The van der Waals surface area contributed by atoms with Gasteiger partial charge < -0.3 is 25.3 Å². The fourth-order valence-electron chi connectivity index (χ4n) is 1.21. The largest absolute Gasteiger partial charge is 0.467 e. The van der Waals surface area contributed by atoms with Crippen LogP contribution >= 0.6 is 0 Å². The van der Waals surface area contributed by atoms with Gasteiger partial charge in [-0.05, 0) is 19.1 Å². The van der Waals surface area contributed by atoms with Crippen LogP contribution in [0.15, 0.2) is 22.8 Å². The van der Waals surface area contributed by atoms with Gasteiger partial charge in [-0.25, -0.2) is 0 Å². The van der Waals surface area contributed by atoms with Crippen LogP contribution in [0.4, 0.5) is 0 Å². The molecule has 4 N–H and O–H groups in total. The number of carbonyl (C=O) groups excluding carboxylic acids is 1. The number of carbonyl (C=O) groups is 1. The lowest BCUT2D eigenvalue weighted by atomic mass is 10.3. The van der Waals surface area contributed by atoms with Gasteiger partial charge in [0.05, 0.1) is 31.6 Å². The maximum Gasteiger partial charge on any atom is 0.237 e. The van der Waals surface area contributed by atoms with E-state index in [-0.39, 0.29) is 19.1 Å². The van der Waals surface area contributed by atoms with E-state index in [0.717, 1.165) is 0 Å². The highest BCUT2D eigenvalue weighted by atomic mass is 16.3. The van der Waals surface area contributed by atoms with Crippen LogP contribution in [-0.2, 0) is 11.3 Å². The van der Waals surface area contributed by atoms with Crippen LogP contribution in [0.2, 0.25) is 0 Å². The first-order valence-corrected chi connectivity index (χ1v) is 5.46. The van der Waals surface area contributed by atoms with Gasteiger partial charge in [0, 0.05) is 6.54 Å². The molecular weight excluding hydrogens is 224 g/mol. The number of furan rings is 1. The average Bonchev–Trinajstić information content (AvgIpc) is 2.85. The zero-order valence-electron chi connectivity index (χ0n) is 9.72. The van der Waals surface area contributed by atoms with Crippen molar-refractivity contribution in [1.82, 2.24) is 10.6 Å². The first kappa shape index (κ1) is 13.7. The van der Waals surface area contributed by atoms with E-state index in [9.17, 15) is 4.79 Å². The minimum absolute atomic E-state index is 0.172. The predicted octanol–water partition coefficient (Wildman–Crippen LogP) is -0.773. The Balaban J connectivity index is 2.22. The normalized spacial score (nSPS) is 14.3.